The van der Waals surface area contributed by atoms with Gasteiger partial charge in [0, 0.05) is 55.7 Å². The van der Waals surface area contributed by atoms with Gasteiger partial charge in [0.2, 0.25) is 5.82 Å². The van der Waals surface area contributed by atoms with Crippen molar-refractivity contribution in [3.05, 3.63) is 65.3 Å². The predicted octanol–water partition coefficient (Wildman–Crippen LogP) is 2.87. The first-order valence-electron chi connectivity index (χ1n) is 11.2. The van der Waals surface area contributed by atoms with E-state index in [1.165, 1.54) is 6.07 Å². The highest BCUT2D eigenvalue weighted by Gasteiger charge is 2.18. The maximum Gasteiger partial charge on any atom is 0.201 e. The second-order valence-electron chi connectivity index (χ2n) is 7.47. The number of aromatic nitrogens is 2. The third kappa shape index (κ3) is 8.40. The first-order valence-corrected chi connectivity index (χ1v) is 11.8. The molecule has 0 saturated heterocycles. The van der Waals surface area contributed by atoms with Gasteiger partial charge in [-0.2, -0.15) is 4.39 Å². The van der Waals surface area contributed by atoms with E-state index in [0.717, 1.165) is 24.5 Å². The fourth-order valence-electron chi connectivity index (χ4n) is 3.32. The summed E-state index contributed by atoms with van der Waals surface area (Å²) in [5, 5.41) is 12.7. The van der Waals surface area contributed by atoms with E-state index in [1.54, 1.807) is 38.5 Å². The molecule has 0 aliphatic carbocycles. The van der Waals surface area contributed by atoms with Gasteiger partial charge < -0.3 is 25.3 Å². The van der Waals surface area contributed by atoms with Crippen molar-refractivity contribution in [2.45, 2.75) is 19.9 Å². The number of aliphatic imine (C=N–C) groups is 1. The second-order valence-corrected chi connectivity index (χ2v) is 7.88. The Morgan fingerprint density at radius 2 is 1.95 bits per heavy atom. The number of hydrogen-bond acceptors (Lipinski definition) is 8. The van der Waals surface area contributed by atoms with Crippen molar-refractivity contribution < 1.29 is 23.4 Å². The smallest absolute Gasteiger partial charge is 0.201 e. The van der Waals surface area contributed by atoms with Gasteiger partial charge >= 0.3 is 0 Å². The van der Waals surface area contributed by atoms with E-state index in [1.807, 2.05) is 18.5 Å². The number of nitrogens with zero attached hydrogens (tertiary/aromatic N) is 3. The molecule has 0 bridgehead atoms. The number of benzene rings is 1. The minimum atomic E-state index is -1.09. The maximum absolute atomic E-state index is 14.7. The number of ether oxygens (including phenoxy) is 1. The van der Waals surface area contributed by atoms with Gasteiger partial charge in [-0.15, -0.1) is 0 Å². The molecule has 3 aromatic rings. The third-order valence-corrected chi connectivity index (χ3v) is 5.28. The first-order chi connectivity index (χ1) is 17.8. The first kappa shape index (κ1) is 31.8. The van der Waals surface area contributed by atoms with Gasteiger partial charge in [0.25, 0.3) is 0 Å². The van der Waals surface area contributed by atoms with Gasteiger partial charge in [-0.3, -0.25) is 14.9 Å². The van der Waals surface area contributed by atoms with Crippen LogP contribution in [-0.4, -0.2) is 61.3 Å². The zero-order chi connectivity index (χ0) is 28.0. The summed E-state index contributed by atoms with van der Waals surface area (Å²) in [7, 11) is 8.75. The lowest BCUT2D eigenvalue weighted by Gasteiger charge is -2.15. The van der Waals surface area contributed by atoms with Crippen LogP contribution in [0, 0.1) is 11.6 Å². The predicted molar refractivity (Wildman–Crippen MR) is 147 cm³/mol. The lowest BCUT2D eigenvalue weighted by molar-refractivity contribution is -0.105. The van der Waals surface area contributed by atoms with Crippen LogP contribution in [0.2, 0.25) is 0 Å². The molecule has 202 valence electrons. The number of fused-ring (bicyclic) bond motifs is 1. The summed E-state index contributed by atoms with van der Waals surface area (Å²) in [6.07, 6.45) is 4.26. The Bertz CT molecular complexity index is 1230. The number of imidazole rings is 1. The Kier molecular flexibility index (Phi) is 14.2. The molecule has 1 atom stereocenters. The second kappa shape index (κ2) is 16.5. The molecule has 1 unspecified atom stereocenters. The van der Waals surface area contributed by atoms with Crippen LogP contribution in [0.5, 0.6) is 5.75 Å². The number of nitrogens with one attached hydrogen (secondary N) is 2. The quantitative estimate of drug-likeness (QED) is 0.143. The van der Waals surface area contributed by atoms with Crippen LogP contribution in [0.15, 0.2) is 52.9 Å². The third-order valence-electron chi connectivity index (χ3n) is 5.07. The van der Waals surface area contributed by atoms with Gasteiger partial charge in [-0.25, -0.2) is 9.37 Å². The topological polar surface area (TPSA) is 126 Å². The highest BCUT2D eigenvalue weighted by molar-refractivity contribution is 7.13. The summed E-state index contributed by atoms with van der Waals surface area (Å²) >= 11 is 0. The van der Waals surface area contributed by atoms with Crippen LogP contribution in [0.25, 0.3) is 16.8 Å². The Morgan fingerprint density at radius 1 is 1.27 bits per heavy atom. The molecule has 0 aliphatic heterocycles. The van der Waals surface area contributed by atoms with Crippen LogP contribution in [0.1, 0.15) is 19.0 Å². The molecule has 5 N–H and O–H groups in total. The lowest BCUT2D eigenvalue weighted by atomic mass is 10.1. The number of carbonyl (C=O) groups is 1. The van der Waals surface area contributed by atoms with E-state index in [-0.39, 0.29) is 24.5 Å². The van der Waals surface area contributed by atoms with Crippen LogP contribution in [0.4, 0.5) is 8.78 Å². The summed E-state index contributed by atoms with van der Waals surface area (Å²) in [6.45, 7) is 2.24. The SMILES string of the molecule is CN=C(C)/C(CCOc1c(-c2ccc3ncc(CNP)n3c2)ccc(F)c1F)=C(\N)C=O.CNC.CO. The highest BCUT2D eigenvalue weighted by atomic mass is 31.0. The standard InChI is InChI=1S/C22H24F2N5O2P.C2H7N.CH4O/c1-13(26-2)16(19(25)12-30)7-8-31-22-17(4-5-18(23)21(22)24)14-3-6-20-27-9-15(10-28-32)29(20)11-14;1-3-2;1-2/h3-6,9,11-12,28H,7-8,10,25,32H2,1-2H3;3H,1-2H3;2H,1H3/b19-16-,26-13?;;. The number of pyridine rings is 1. The fourth-order valence-corrected chi connectivity index (χ4v) is 3.53. The van der Waals surface area contributed by atoms with E-state index in [0.29, 0.717) is 35.2 Å². The van der Waals surface area contributed by atoms with E-state index in [2.05, 4.69) is 29.8 Å². The molecule has 0 spiro atoms. The average Bonchev–Trinajstić information content (AvgIpc) is 3.32. The number of hydrogen-bond donors (Lipinski definition) is 4. The number of halogens is 2. The lowest BCUT2D eigenvalue weighted by Crippen LogP contribution is -2.13. The molecule has 0 saturated carbocycles. The van der Waals surface area contributed by atoms with E-state index in [9.17, 15) is 13.6 Å². The van der Waals surface area contributed by atoms with Gasteiger partial charge in [0.1, 0.15) is 5.65 Å². The summed E-state index contributed by atoms with van der Waals surface area (Å²) in [5.41, 5.74) is 9.48. The zero-order valence-corrected chi connectivity index (χ0v) is 22.8. The normalized spacial score (nSPS) is 11.6. The minimum Gasteiger partial charge on any atom is -0.489 e. The number of nitrogens with two attached hydrogens (primary N) is 1. The molecular weight excluding hydrogens is 501 g/mol. The molecular formula is C25H35F2N6O3P. The largest absolute Gasteiger partial charge is 0.489 e. The molecule has 2 heterocycles. The van der Waals surface area contributed by atoms with E-state index < -0.39 is 11.6 Å². The number of carbonyl (C=O) groups excluding carboxylic acids is 1. The monoisotopic (exact) mass is 536 g/mol. The average molecular weight is 537 g/mol. The number of rotatable bonds is 9. The van der Waals surface area contributed by atoms with Gasteiger partial charge in [-0.1, -0.05) is 9.39 Å². The maximum atomic E-state index is 14.7. The van der Waals surface area contributed by atoms with Crippen molar-refractivity contribution in [1.82, 2.24) is 19.8 Å². The minimum absolute atomic E-state index is 0.0254. The summed E-state index contributed by atoms with van der Waals surface area (Å²) in [4.78, 5) is 19.5. The van der Waals surface area contributed by atoms with Gasteiger partial charge in [0.05, 0.1) is 24.2 Å². The fraction of sp³-hybridized carbons (Fsp3) is 0.320. The zero-order valence-electron chi connectivity index (χ0n) is 21.7. The van der Waals surface area contributed by atoms with E-state index in [4.69, 9.17) is 15.6 Å². The molecule has 12 heteroatoms. The highest BCUT2D eigenvalue weighted by Crippen LogP contribution is 2.34. The molecule has 1 aromatic carbocycles. The number of aldehydes is 1. The van der Waals surface area contributed by atoms with Crippen molar-refractivity contribution in [1.29, 1.82) is 0 Å². The van der Waals surface area contributed by atoms with Crippen LogP contribution >= 0.6 is 9.39 Å². The van der Waals surface area contributed by atoms with Crippen LogP contribution < -0.4 is 20.9 Å². The Balaban J connectivity index is 0.00000127. The van der Waals surface area contributed by atoms with Gasteiger partial charge in [-0.05, 0) is 45.3 Å². The molecule has 37 heavy (non-hydrogen) atoms. The Morgan fingerprint density at radius 3 is 2.54 bits per heavy atom. The number of allylic oxidation sites excluding steroid dienone is 1. The van der Waals surface area contributed by atoms with Crippen molar-refractivity contribution >= 4 is 27.0 Å². The van der Waals surface area contributed by atoms with E-state index >= 15 is 0 Å². The summed E-state index contributed by atoms with van der Waals surface area (Å²) in [5.74, 6) is -2.32. The molecule has 0 fully saturated rings. The van der Waals surface area contributed by atoms with Crippen molar-refractivity contribution in [2.75, 3.05) is 34.9 Å². The summed E-state index contributed by atoms with van der Waals surface area (Å²) < 4.78 is 36.3. The molecule has 3 rings (SSSR count). The molecule has 9 nitrogen and oxygen atoms in total. The molecule has 0 amide bonds. The van der Waals surface area contributed by atoms with Crippen molar-refractivity contribution in [3.8, 4) is 16.9 Å². The molecule has 0 radical (unpaired) electrons. The van der Waals surface area contributed by atoms with Crippen molar-refractivity contribution in [3.63, 3.8) is 0 Å². The Hall–Kier alpha value is -3.24. The summed E-state index contributed by atoms with van der Waals surface area (Å²) in [6, 6.07) is 6.09. The Labute approximate surface area is 218 Å². The van der Waals surface area contributed by atoms with Crippen LogP contribution in [0.3, 0.4) is 0 Å². The number of aliphatic hydroxyl groups is 1. The molecule has 0 aliphatic rings. The molecule has 2 aromatic heterocycles. The van der Waals surface area contributed by atoms with Gasteiger partial charge in [0.15, 0.2) is 17.9 Å². The van der Waals surface area contributed by atoms with Crippen LogP contribution in [-0.2, 0) is 11.3 Å². The van der Waals surface area contributed by atoms with Crippen molar-refractivity contribution in [2.24, 2.45) is 10.7 Å². The number of aliphatic hydroxyl groups excluding tert-OH is 1.